The van der Waals surface area contributed by atoms with Gasteiger partial charge in [0.25, 0.3) is 17.4 Å². The van der Waals surface area contributed by atoms with Crippen molar-refractivity contribution in [1.29, 1.82) is 0 Å². The van der Waals surface area contributed by atoms with E-state index in [0.717, 1.165) is 5.41 Å². The van der Waals surface area contributed by atoms with Gasteiger partial charge in [-0.3, -0.25) is 19.3 Å². The molecule has 1 aliphatic heterocycles. The predicted molar refractivity (Wildman–Crippen MR) is 129 cm³/mol. The van der Waals surface area contributed by atoms with Gasteiger partial charge in [-0.25, -0.2) is 8.42 Å². The second kappa shape index (κ2) is 8.12. The van der Waals surface area contributed by atoms with E-state index in [2.05, 4.69) is 4.98 Å². The highest BCUT2D eigenvalue weighted by molar-refractivity contribution is 7.94. The number of hydrogen-bond donors (Lipinski definition) is 2. The molecule has 0 unspecified atom stereocenters. The summed E-state index contributed by atoms with van der Waals surface area (Å²) in [4.78, 5) is 42.8. The largest absolute Gasteiger partial charge is 0.464 e. The van der Waals surface area contributed by atoms with Crippen LogP contribution < -0.4 is 16.2 Å². The van der Waals surface area contributed by atoms with Crippen molar-refractivity contribution >= 4 is 49.6 Å². The zero-order valence-electron chi connectivity index (χ0n) is 17.4. The Labute approximate surface area is 197 Å². The van der Waals surface area contributed by atoms with E-state index in [9.17, 15) is 22.8 Å². The summed E-state index contributed by atoms with van der Waals surface area (Å²) in [6.07, 6.45) is 2.88. The van der Waals surface area contributed by atoms with Crippen molar-refractivity contribution in [3.8, 4) is 11.3 Å². The number of aromatic amines is 1. The Morgan fingerprint density at radius 1 is 1.21 bits per heavy atom. The van der Waals surface area contributed by atoms with Crippen LogP contribution in [0.25, 0.3) is 22.2 Å². The third kappa shape index (κ3) is 3.74. The molecule has 0 aliphatic carbocycles. The highest BCUT2D eigenvalue weighted by Gasteiger charge is 2.33. The van der Waals surface area contributed by atoms with E-state index >= 15 is 0 Å². The molecule has 1 aliphatic rings. The van der Waals surface area contributed by atoms with E-state index < -0.39 is 33.3 Å². The van der Waals surface area contributed by atoms with Crippen LogP contribution in [0.15, 0.2) is 74.1 Å². The van der Waals surface area contributed by atoms with E-state index in [4.69, 9.17) is 10.2 Å². The van der Waals surface area contributed by atoms with Gasteiger partial charge in [0, 0.05) is 16.4 Å². The Morgan fingerprint density at radius 3 is 2.65 bits per heavy atom. The average Bonchev–Trinajstić information content (AvgIpc) is 3.55. The molecule has 1 atom stereocenters. The molecule has 4 aromatic rings. The summed E-state index contributed by atoms with van der Waals surface area (Å²) in [5.74, 6) is -1.31. The molecule has 5 rings (SSSR count). The van der Waals surface area contributed by atoms with Crippen molar-refractivity contribution in [3.63, 3.8) is 0 Å². The van der Waals surface area contributed by atoms with Gasteiger partial charge in [-0.2, -0.15) is 11.3 Å². The summed E-state index contributed by atoms with van der Waals surface area (Å²) in [6.45, 7) is 0. The lowest BCUT2D eigenvalue weighted by Gasteiger charge is -2.26. The number of sulfone groups is 1. The van der Waals surface area contributed by atoms with Crippen LogP contribution in [0.5, 0.6) is 0 Å². The Balaban J connectivity index is 1.65. The first-order chi connectivity index (χ1) is 16.2. The van der Waals surface area contributed by atoms with Crippen molar-refractivity contribution in [2.24, 2.45) is 5.73 Å². The molecule has 2 amide bonds. The quantitative estimate of drug-likeness (QED) is 0.436. The number of nitrogens with zero attached hydrogens (tertiary/aromatic N) is 1. The minimum atomic E-state index is -3.45. The number of fused-ring (bicyclic) bond motifs is 1. The molecule has 4 heterocycles. The smallest absolute Gasteiger partial charge is 0.264 e. The number of primary amides is 1. The number of aromatic nitrogens is 1. The lowest BCUT2D eigenvalue weighted by atomic mass is 9.99. The van der Waals surface area contributed by atoms with Gasteiger partial charge >= 0.3 is 0 Å². The molecule has 34 heavy (non-hydrogen) atoms. The standard InChI is InChI=1S/C23H17N3O6S2/c24-21(27)19-16(18-2-1-7-32-18)4-3-13-10-17(22(28)25-20(13)19)23(29)26(14-5-8-33-11-14)15-6-9-34(30,31)12-15/h1-11,15H,12H2,(H2,24,27)(H,25,28)/t15-/m1/s1. The van der Waals surface area contributed by atoms with Crippen LogP contribution in [-0.4, -0.2) is 37.0 Å². The number of amides is 2. The van der Waals surface area contributed by atoms with Crippen molar-refractivity contribution < 1.29 is 22.4 Å². The predicted octanol–water partition coefficient (Wildman–Crippen LogP) is 2.91. The number of thiophene rings is 1. The fraction of sp³-hybridized carbons (Fsp3) is 0.0870. The molecular weight excluding hydrogens is 478 g/mol. The number of pyridine rings is 1. The molecule has 1 aromatic carbocycles. The molecule has 0 saturated heterocycles. The van der Waals surface area contributed by atoms with E-state index in [1.807, 2.05) is 0 Å². The summed E-state index contributed by atoms with van der Waals surface area (Å²) in [7, 11) is -3.45. The molecule has 0 spiro atoms. The number of carbonyl (C=O) groups excluding carboxylic acids is 2. The molecule has 0 radical (unpaired) electrons. The highest BCUT2D eigenvalue weighted by Crippen LogP contribution is 2.31. The second-order valence-electron chi connectivity index (χ2n) is 7.69. The zero-order chi connectivity index (χ0) is 24.0. The number of hydrogen-bond acceptors (Lipinski definition) is 7. The zero-order valence-corrected chi connectivity index (χ0v) is 19.1. The van der Waals surface area contributed by atoms with Gasteiger partial charge in [0.05, 0.1) is 34.8 Å². The minimum absolute atomic E-state index is 0.0584. The molecule has 3 aromatic heterocycles. The summed E-state index contributed by atoms with van der Waals surface area (Å²) < 4.78 is 29.4. The fourth-order valence-electron chi connectivity index (χ4n) is 4.03. The first-order valence-electron chi connectivity index (χ1n) is 10.1. The fourth-order valence-corrected chi connectivity index (χ4v) is 5.93. The van der Waals surface area contributed by atoms with E-state index in [1.54, 1.807) is 41.1 Å². The van der Waals surface area contributed by atoms with Crippen LogP contribution in [-0.2, 0) is 9.84 Å². The summed E-state index contributed by atoms with van der Waals surface area (Å²) in [6, 6.07) is 8.87. The third-order valence-corrected chi connectivity index (χ3v) is 7.58. The lowest BCUT2D eigenvalue weighted by Crippen LogP contribution is -2.43. The molecule has 3 N–H and O–H groups in total. The minimum Gasteiger partial charge on any atom is -0.464 e. The summed E-state index contributed by atoms with van der Waals surface area (Å²) >= 11 is 1.34. The normalized spacial score (nSPS) is 16.6. The number of nitrogens with one attached hydrogen (secondary N) is 1. The molecule has 11 heteroatoms. The maximum Gasteiger partial charge on any atom is 0.264 e. The molecule has 172 valence electrons. The number of nitrogens with two attached hydrogens (primary N) is 1. The SMILES string of the molecule is NC(=O)c1c(-c2ccco2)ccc2cc(C(=O)N(c3ccsc3)[C@@H]3C=CS(=O)(=O)C3)c(=O)[nH]c12. The number of furan rings is 1. The van der Waals surface area contributed by atoms with Crippen LogP contribution in [0.3, 0.4) is 0 Å². The molecule has 9 nitrogen and oxygen atoms in total. The van der Waals surface area contributed by atoms with E-state index in [1.165, 1.54) is 34.6 Å². The van der Waals surface area contributed by atoms with Crippen molar-refractivity contribution in [2.45, 2.75) is 6.04 Å². The number of rotatable bonds is 5. The van der Waals surface area contributed by atoms with Gasteiger partial charge in [0.15, 0.2) is 9.84 Å². The Hall–Kier alpha value is -3.96. The first-order valence-corrected chi connectivity index (χ1v) is 12.7. The van der Waals surface area contributed by atoms with E-state index in [-0.39, 0.29) is 22.4 Å². The highest BCUT2D eigenvalue weighted by atomic mass is 32.2. The Kier molecular flexibility index (Phi) is 5.22. The van der Waals surface area contributed by atoms with Gasteiger partial charge < -0.3 is 15.1 Å². The summed E-state index contributed by atoms with van der Waals surface area (Å²) in [5.41, 5.74) is 5.80. The summed E-state index contributed by atoms with van der Waals surface area (Å²) in [5, 5.41) is 4.94. The number of benzene rings is 1. The number of anilines is 1. The molecule has 0 bridgehead atoms. The van der Waals surface area contributed by atoms with Gasteiger partial charge in [-0.1, -0.05) is 6.07 Å². The number of carbonyl (C=O) groups is 2. The van der Waals surface area contributed by atoms with Gasteiger partial charge in [0.1, 0.15) is 11.3 Å². The van der Waals surface area contributed by atoms with Crippen LogP contribution in [0.2, 0.25) is 0 Å². The van der Waals surface area contributed by atoms with Crippen LogP contribution in [0.1, 0.15) is 20.7 Å². The molecular formula is C23H17N3O6S2. The Morgan fingerprint density at radius 2 is 2.03 bits per heavy atom. The first kappa shape index (κ1) is 21.9. The molecule has 0 saturated carbocycles. The molecule has 0 fully saturated rings. The second-order valence-corrected chi connectivity index (χ2v) is 10.4. The van der Waals surface area contributed by atoms with Crippen LogP contribution in [0.4, 0.5) is 5.69 Å². The maximum atomic E-state index is 13.6. The maximum absolute atomic E-state index is 13.6. The van der Waals surface area contributed by atoms with Crippen molar-refractivity contribution in [3.05, 3.63) is 86.4 Å². The average molecular weight is 496 g/mol. The third-order valence-electron chi connectivity index (χ3n) is 5.53. The van der Waals surface area contributed by atoms with Crippen LogP contribution in [0, 0.1) is 0 Å². The number of H-pyrrole nitrogens is 1. The van der Waals surface area contributed by atoms with E-state index in [0.29, 0.717) is 22.4 Å². The van der Waals surface area contributed by atoms with Gasteiger partial charge in [-0.05, 0) is 47.2 Å². The van der Waals surface area contributed by atoms with Crippen LogP contribution >= 0.6 is 11.3 Å². The van der Waals surface area contributed by atoms with Crippen molar-refractivity contribution in [1.82, 2.24) is 4.98 Å². The Bertz CT molecular complexity index is 1620. The van der Waals surface area contributed by atoms with Crippen molar-refractivity contribution in [2.75, 3.05) is 10.7 Å². The van der Waals surface area contributed by atoms with Gasteiger partial charge in [-0.15, -0.1) is 0 Å². The van der Waals surface area contributed by atoms with Gasteiger partial charge in [0.2, 0.25) is 0 Å². The lowest BCUT2D eigenvalue weighted by molar-refractivity contribution is 0.0979. The topological polar surface area (TPSA) is 144 Å². The monoisotopic (exact) mass is 495 g/mol.